The van der Waals surface area contributed by atoms with Gasteiger partial charge in [0.1, 0.15) is 17.4 Å². The maximum Gasteiger partial charge on any atom is 0.379 e. The fourth-order valence-corrected chi connectivity index (χ4v) is 2.98. The highest BCUT2D eigenvalue weighted by Crippen LogP contribution is 2.20. The van der Waals surface area contributed by atoms with Gasteiger partial charge in [0.15, 0.2) is 5.43 Å². The van der Waals surface area contributed by atoms with Crippen LogP contribution >= 0.6 is 0 Å². The van der Waals surface area contributed by atoms with Gasteiger partial charge < -0.3 is 14.4 Å². The number of aliphatic hydroxyl groups is 1. The second-order valence-corrected chi connectivity index (χ2v) is 6.33. The molecule has 0 saturated carbocycles. The molecule has 0 aliphatic carbocycles. The van der Waals surface area contributed by atoms with Gasteiger partial charge in [0.25, 0.3) is 5.78 Å². The van der Waals surface area contributed by atoms with E-state index in [9.17, 15) is 28.3 Å². The number of fused-ring (bicyclic) bond motifs is 1. The lowest BCUT2D eigenvalue weighted by molar-refractivity contribution is -0.151. The van der Waals surface area contributed by atoms with Crippen molar-refractivity contribution in [3.63, 3.8) is 0 Å². The number of aromatic nitrogens is 1. The summed E-state index contributed by atoms with van der Waals surface area (Å²) in [6, 6.07) is 9.76. The van der Waals surface area contributed by atoms with Crippen molar-refractivity contribution in [2.75, 3.05) is 6.61 Å². The van der Waals surface area contributed by atoms with Crippen molar-refractivity contribution in [3.05, 3.63) is 87.7 Å². The molecule has 0 unspecified atom stereocenters. The molecule has 30 heavy (non-hydrogen) atoms. The number of aliphatic hydroxyl groups excluding tert-OH is 1. The zero-order valence-electron chi connectivity index (χ0n) is 15.9. The molecule has 154 valence electrons. The summed E-state index contributed by atoms with van der Waals surface area (Å²) >= 11 is 0. The fraction of sp³-hybridized carbons (Fsp3) is 0.136. The number of rotatable bonds is 6. The second kappa shape index (κ2) is 8.69. The lowest BCUT2D eigenvalue weighted by atomic mass is 10.1. The first kappa shape index (κ1) is 20.9. The summed E-state index contributed by atoms with van der Waals surface area (Å²) < 4.78 is 34.2. The molecule has 0 aliphatic rings. The normalized spacial score (nSPS) is 11.5. The highest BCUT2D eigenvalue weighted by atomic mass is 19.1. The predicted octanol–water partition coefficient (Wildman–Crippen LogP) is 3.36. The number of ketones is 1. The van der Waals surface area contributed by atoms with Crippen LogP contribution in [-0.2, 0) is 20.9 Å². The molecule has 8 heteroatoms. The topological polar surface area (TPSA) is 85.6 Å². The van der Waals surface area contributed by atoms with Gasteiger partial charge in [0.05, 0.1) is 24.2 Å². The van der Waals surface area contributed by atoms with E-state index in [1.54, 1.807) is 18.2 Å². The first-order valence-electron chi connectivity index (χ1n) is 9.00. The molecule has 6 nitrogen and oxygen atoms in total. The van der Waals surface area contributed by atoms with Gasteiger partial charge in [-0.05, 0) is 31.2 Å². The predicted molar refractivity (Wildman–Crippen MR) is 106 cm³/mol. The van der Waals surface area contributed by atoms with Crippen molar-refractivity contribution >= 4 is 28.4 Å². The Morgan fingerprint density at radius 3 is 2.43 bits per heavy atom. The van der Waals surface area contributed by atoms with Crippen molar-refractivity contribution < 1.29 is 28.2 Å². The van der Waals surface area contributed by atoms with Crippen LogP contribution in [0.2, 0.25) is 0 Å². The van der Waals surface area contributed by atoms with Crippen molar-refractivity contribution in [1.82, 2.24) is 4.57 Å². The summed E-state index contributed by atoms with van der Waals surface area (Å²) in [5.41, 5.74) is -0.772. The molecule has 0 radical (unpaired) electrons. The van der Waals surface area contributed by atoms with E-state index in [-0.39, 0.29) is 29.7 Å². The Balaban J connectivity index is 2.15. The molecule has 0 saturated heterocycles. The molecular formula is C22H17F2NO5. The van der Waals surface area contributed by atoms with Crippen LogP contribution in [0.15, 0.2) is 59.5 Å². The summed E-state index contributed by atoms with van der Waals surface area (Å²) in [6.45, 7) is 1.21. The quantitative estimate of drug-likeness (QED) is 0.290. The van der Waals surface area contributed by atoms with E-state index in [1.807, 2.05) is 0 Å². The lowest BCUT2D eigenvalue weighted by Gasteiger charge is -2.14. The van der Waals surface area contributed by atoms with Gasteiger partial charge in [-0.3, -0.25) is 9.59 Å². The van der Waals surface area contributed by atoms with E-state index in [2.05, 4.69) is 4.74 Å². The third-order valence-corrected chi connectivity index (χ3v) is 4.40. The van der Waals surface area contributed by atoms with E-state index in [0.717, 1.165) is 12.1 Å². The minimum Gasteiger partial charge on any atom is -0.507 e. The largest absolute Gasteiger partial charge is 0.507 e. The van der Waals surface area contributed by atoms with E-state index < -0.39 is 34.6 Å². The first-order chi connectivity index (χ1) is 14.3. The third-order valence-electron chi connectivity index (χ3n) is 4.40. The van der Waals surface area contributed by atoms with Crippen LogP contribution in [-0.4, -0.2) is 28.0 Å². The highest BCUT2D eigenvalue weighted by Gasteiger charge is 2.18. The van der Waals surface area contributed by atoms with Crippen LogP contribution in [0, 0.1) is 11.6 Å². The van der Waals surface area contributed by atoms with Gasteiger partial charge in [-0.2, -0.15) is 0 Å². The van der Waals surface area contributed by atoms with Crippen LogP contribution in [0.3, 0.4) is 0 Å². The number of carbonyl (C=O) groups excluding carboxylic acids is 2. The van der Waals surface area contributed by atoms with Crippen molar-refractivity contribution in [2.45, 2.75) is 13.5 Å². The average molecular weight is 413 g/mol. The van der Waals surface area contributed by atoms with E-state index >= 15 is 0 Å². The molecular weight excluding hydrogens is 396 g/mol. The van der Waals surface area contributed by atoms with Gasteiger partial charge in [0.2, 0.25) is 0 Å². The Morgan fingerprint density at radius 1 is 1.10 bits per heavy atom. The van der Waals surface area contributed by atoms with Crippen LogP contribution in [0.1, 0.15) is 18.1 Å². The highest BCUT2D eigenvalue weighted by molar-refractivity contribution is 6.39. The summed E-state index contributed by atoms with van der Waals surface area (Å²) in [5, 5.41) is 10.5. The number of carbonyl (C=O) groups is 2. The third kappa shape index (κ3) is 4.12. The van der Waals surface area contributed by atoms with Gasteiger partial charge in [-0.25, -0.2) is 13.6 Å². The number of nitrogens with zero attached hydrogens (tertiary/aromatic N) is 1. The minimum atomic E-state index is -1.18. The molecule has 0 spiro atoms. The molecule has 1 aromatic heterocycles. The molecule has 0 aliphatic heterocycles. The fourth-order valence-electron chi connectivity index (χ4n) is 2.98. The Morgan fingerprint density at radius 2 is 1.77 bits per heavy atom. The first-order valence-corrected chi connectivity index (χ1v) is 9.00. The molecule has 1 heterocycles. The number of hydrogen-bond acceptors (Lipinski definition) is 5. The summed E-state index contributed by atoms with van der Waals surface area (Å²) in [4.78, 5) is 36.1. The van der Waals surface area contributed by atoms with Crippen molar-refractivity contribution in [2.24, 2.45) is 0 Å². The number of halogens is 2. The molecule has 0 bridgehead atoms. The number of benzene rings is 2. The standard InChI is InChI=1S/C22H17F2NO5/c1-2-30-22(29)20(27)10-19(26)15-12-25(11-14-16(23)7-5-8-17(14)24)18-9-4-3-6-13(18)21(15)28/h3-10,12,26H,2,11H2,1H3/b19-10-. The van der Waals surface area contributed by atoms with E-state index in [1.165, 1.54) is 29.8 Å². The summed E-state index contributed by atoms with van der Waals surface area (Å²) in [7, 11) is 0. The van der Waals surface area contributed by atoms with E-state index in [4.69, 9.17) is 0 Å². The Bertz CT molecular complexity index is 1210. The Labute approximate surface area is 169 Å². The number of ether oxygens (including phenoxy) is 1. The lowest BCUT2D eigenvalue weighted by Crippen LogP contribution is -2.18. The van der Waals surface area contributed by atoms with Crippen LogP contribution < -0.4 is 5.43 Å². The summed E-state index contributed by atoms with van der Waals surface area (Å²) in [6.07, 6.45) is 1.76. The van der Waals surface area contributed by atoms with Crippen molar-refractivity contribution in [1.29, 1.82) is 0 Å². The molecule has 0 atom stereocenters. The van der Waals surface area contributed by atoms with Crippen LogP contribution in [0.4, 0.5) is 8.78 Å². The molecule has 1 N–H and O–H groups in total. The summed E-state index contributed by atoms with van der Waals surface area (Å²) in [5.74, 6) is -4.62. The van der Waals surface area contributed by atoms with Crippen LogP contribution in [0.5, 0.6) is 0 Å². The van der Waals surface area contributed by atoms with Gasteiger partial charge in [-0.1, -0.05) is 18.2 Å². The number of hydrogen-bond donors (Lipinski definition) is 1. The maximum atomic E-state index is 14.1. The maximum absolute atomic E-state index is 14.1. The van der Waals surface area contributed by atoms with Gasteiger partial charge >= 0.3 is 5.97 Å². The zero-order valence-corrected chi connectivity index (χ0v) is 15.9. The zero-order chi connectivity index (χ0) is 21.8. The Hall–Kier alpha value is -3.81. The van der Waals surface area contributed by atoms with Crippen molar-refractivity contribution in [3.8, 4) is 0 Å². The number of pyridine rings is 1. The molecule has 0 fully saturated rings. The van der Waals surface area contributed by atoms with E-state index in [0.29, 0.717) is 11.6 Å². The second-order valence-electron chi connectivity index (χ2n) is 6.33. The minimum absolute atomic E-state index is 0.0316. The monoisotopic (exact) mass is 413 g/mol. The van der Waals surface area contributed by atoms with Crippen LogP contribution in [0.25, 0.3) is 16.7 Å². The average Bonchev–Trinajstić information content (AvgIpc) is 2.72. The number of esters is 1. The number of para-hydroxylation sites is 1. The molecule has 0 amide bonds. The Kier molecular flexibility index (Phi) is 6.06. The molecule has 3 rings (SSSR count). The molecule has 2 aromatic carbocycles. The smallest absolute Gasteiger partial charge is 0.379 e. The van der Waals surface area contributed by atoms with Gasteiger partial charge in [-0.15, -0.1) is 0 Å². The molecule has 3 aromatic rings. The van der Waals surface area contributed by atoms with Gasteiger partial charge in [0, 0.05) is 23.2 Å². The SMILES string of the molecule is CCOC(=O)C(=O)/C=C(\O)c1cn(Cc2c(F)cccc2F)c2ccccc2c1=O.